The lowest BCUT2D eigenvalue weighted by Gasteiger charge is -2.11. The van der Waals surface area contributed by atoms with Crippen LogP contribution in [0.15, 0.2) is 43.0 Å². The summed E-state index contributed by atoms with van der Waals surface area (Å²) in [4.78, 5) is 13.2. The van der Waals surface area contributed by atoms with Gasteiger partial charge in [0, 0.05) is 12.6 Å². The summed E-state index contributed by atoms with van der Waals surface area (Å²) in [5.74, 6) is 0.783. The van der Waals surface area contributed by atoms with E-state index in [-0.39, 0.29) is 0 Å². The van der Waals surface area contributed by atoms with Crippen molar-refractivity contribution in [2.45, 2.75) is 32.9 Å². The molecule has 5 nitrogen and oxygen atoms in total. The normalized spacial score (nSPS) is 12.5. The van der Waals surface area contributed by atoms with Crippen molar-refractivity contribution in [3.05, 3.63) is 48.5 Å². The van der Waals surface area contributed by atoms with Crippen molar-refractivity contribution in [2.24, 2.45) is 0 Å². The minimum Gasteiger partial charge on any atom is -0.364 e. The standard InChI is InChI=1S/C16H19N5/c1-3-12(2)21-11-20-14-15(18-10-19-16(14)21)17-9-13-7-5-4-6-8-13/h4-8,10-12H,3,9H2,1-2H3,(H,17,18,19). The highest BCUT2D eigenvalue weighted by Crippen LogP contribution is 2.22. The molecule has 0 radical (unpaired) electrons. The van der Waals surface area contributed by atoms with Crippen molar-refractivity contribution < 1.29 is 0 Å². The van der Waals surface area contributed by atoms with Crippen LogP contribution in [0.2, 0.25) is 0 Å². The number of benzene rings is 1. The molecule has 5 heteroatoms. The lowest BCUT2D eigenvalue weighted by atomic mass is 10.2. The van der Waals surface area contributed by atoms with Gasteiger partial charge in [-0.25, -0.2) is 15.0 Å². The Hall–Kier alpha value is -2.43. The summed E-state index contributed by atoms with van der Waals surface area (Å²) in [6, 6.07) is 10.6. The van der Waals surface area contributed by atoms with E-state index in [0.29, 0.717) is 6.04 Å². The van der Waals surface area contributed by atoms with Crippen LogP contribution in [0.4, 0.5) is 5.82 Å². The fraction of sp³-hybridized carbons (Fsp3) is 0.312. The van der Waals surface area contributed by atoms with Gasteiger partial charge in [0.1, 0.15) is 11.8 Å². The van der Waals surface area contributed by atoms with E-state index in [4.69, 9.17) is 0 Å². The highest BCUT2D eigenvalue weighted by atomic mass is 15.2. The van der Waals surface area contributed by atoms with Gasteiger partial charge in [-0.1, -0.05) is 37.3 Å². The lowest BCUT2D eigenvalue weighted by Crippen LogP contribution is -2.05. The molecule has 3 rings (SSSR count). The zero-order valence-electron chi connectivity index (χ0n) is 12.3. The fourth-order valence-electron chi connectivity index (χ4n) is 2.28. The Morgan fingerprint density at radius 2 is 1.95 bits per heavy atom. The van der Waals surface area contributed by atoms with Crippen LogP contribution in [0.3, 0.4) is 0 Å². The number of nitrogens with zero attached hydrogens (tertiary/aromatic N) is 4. The Balaban J connectivity index is 1.88. The summed E-state index contributed by atoms with van der Waals surface area (Å²) < 4.78 is 2.10. The quantitative estimate of drug-likeness (QED) is 0.778. The molecule has 0 saturated heterocycles. The van der Waals surface area contributed by atoms with Gasteiger partial charge < -0.3 is 9.88 Å². The predicted molar refractivity (Wildman–Crippen MR) is 84.1 cm³/mol. The molecule has 0 spiro atoms. The van der Waals surface area contributed by atoms with Crippen LogP contribution >= 0.6 is 0 Å². The Labute approximate surface area is 124 Å². The highest BCUT2D eigenvalue weighted by molar-refractivity contribution is 5.82. The van der Waals surface area contributed by atoms with E-state index in [9.17, 15) is 0 Å². The minimum absolute atomic E-state index is 0.381. The van der Waals surface area contributed by atoms with E-state index < -0.39 is 0 Å². The molecule has 21 heavy (non-hydrogen) atoms. The number of nitrogens with one attached hydrogen (secondary N) is 1. The average Bonchev–Trinajstić information content (AvgIpc) is 2.97. The van der Waals surface area contributed by atoms with Crippen molar-refractivity contribution in [1.29, 1.82) is 0 Å². The van der Waals surface area contributed by atoms with Gasteiger partial charge in [-0.2, -0.15) is 0 Å². The maximum Gasteiger partial charge on any atom is 0.165 e. The van der Waals surface area contributed by atoms with E-state index in [1.165, 1.54) is 5.56 Å². The molecule has 2 heterocycles. The third-order valence-corrected chi connectivity index (χ3v) is 3.73. The number of fused-ring (bicyclic) bond motifs is 1. The van der Waals surface area contributed by atoms with Crippen LogP contribution in [0, 0.1) is 0 Å². The summed E-state index contributed by atoms with van der Waals surface area (Å²) in [6.45, 7) is 5.05. The van der Waals surface area contributed by atoms with Crippen molar-refractivity contribution in [2.75, 3.05) is 5.32 Å². The molecule has 2 aromatic heterocycles. The second kappa shape index (κ2) is 5.91. The minimum atomic E-state index is 0.381. The second-order valence-electron chi connectivity index (χ2n) is 5.14. The maximum absolute atomic E-state index is 4.48. The molecule has 1 atom stereocenters. The van der Waals surface area contributed by atoms with Gasteiger partial charge in [-0.05, 0) is 18.9 Å². The molecule has 0 amide bonds. The summed E-state index contributed by atoms with van der Waals surface area (Å²) in [5.41, 5.74) is 2.93. The summed E-state index contributed by atoms with van der Waals surface area (Å²) in [5, 5.41) is 3.35. The van der Waals surface area contributed by atoms with E-state index in [1.54, 1.807) is 6.33 Å². The lowest BCUT2D eigenvalue weighted by molar-refractivity contribution is 0.541. The first-order valence-electron chi connectivity index (χ1n) is 7.25. The smallest absolute Gasteiger partial charge is 0.165 e. The number of hydrogen-bond acceptors (Lipinski definition) is 4. The van der Waals surface area contributed by atoms with E-state index in [2.05, 4.69) is 50.8 Å². The molecule has 1 aromatic carbocycles. The van der Waals surface area contributed by atoms with Crippen molar-refractivity contribution in [1.82, 2.24) is 19.5 Å². The SMILES string of the molecule is CCC(C)n1cnc2c(NCc3ccccc3)ncnc21. The summed E-state index contributed by atoms with van der Waals surface area (Å²) in [7, 11) is 0. The third-order valence-electron chi connectivity index (χ3n) is 3.73. The van der Waals surface area contributed by atoms with Gasteiger partial charge >= 0.3 is 0 Å². The molecule has 0 saturated carbocycles. The summed E-state index contributed by atoms with van der Waals surface area (Å²) >= 11 is 0. The molecule has 0 bridgehead atoms. The van der Waals surface area contributed by atoms with E-state index in [1.807, 2.05) is 24.5 Å². The van der Waals surface area contributed by atoms with Crippen LogP contribution < -0.4 is 5.32 Å². The molecule has 0 aliphatic heterocycles. The molecule has 0 aliphatic carbocycles. The Bertz CT molecular complexity index is 720. The first-order valence-corrected chi connectivity index (χ1v) is 7.25. The molecular formula is C16H19N5. The van der Waals surface area contributed by atoms with Gasteiger partial charge in [0.25, 0.3) is 0 Å². The zero-order valence-corrected chi connectivity index (χ0v) is 12.3. The molecule has 1 unspecified atom stereocenters. The molecule has 3 aromatic rings. The first kappa shape index (κ1) is 13.5. The maximum atomic E-state index is 4.48. The zero-order chi connectivity index (χ0) is 14.7. The Morgan fingerprint density at radius 3 is 2.71 bits per heavy atom. The number of anilines is 1. The summed E-state index contributed by atoms with van der Waals surface area (Å²) in [6.07, 6.45) is 4.49. The van der Waals surface area contributed by atoms with Gasteiger partial charge in [0.05, 0.1) is 6.33 Å². The molecule has 0 aliphatic rings. The van der Waals surface area contributed by atoms with Gasteiger partial charge in [0.15, 0.2) is 11.5 Å². The van der Waals surface area contributed by atoms with Crippen LogP contribution in [-0.4, -0.2) is 19.5 Å². The van der Waals surface area contributed by atoms with Crippen LogP contribution in [0.1, 0.15) is 31.9 Å². The van der Waals surface area contributed by atoms with Gasteiger partial charge in [-0.3, -0.25) is 0 Å². The molecule has 0 fully saturated rings. The largest absolute Gasteiger partial charge is 0.364 e. The molecule has 108 valence electrons. The molecule has 1 N–H and O–H groups in total. The van der Waals surface area contributed by atoms with Crippen molar-refractivity contribution >= 4 is 17.0 Å². The number of rotatable bonds is 5. The number of imidazole rings is 1. The van der Waals surface area contributed by atoms with Gasteiger partial charge in [0.2, 0.25) is 0 Å². The van der Waals surface area contributed by atoms with E-state index >= 15 is 0 Å². The Kier molecular flexibility index (Phi) is 3.81. The molecular weight excluding hydrogens is 262 g/mol. The average molecular weight is 281 g/mol. The van der Waals surface area contributed by atoms with Crippen LogP contribution in [0.5, 0.6) is 0 Å². The number of aromatic nitrogens is 4. The number of hydrogen-bond donors (Lipinski definition) is 1. The Morgan fingerprint density at radius 1 is 1.14 bits per heavy atom. The topological polar surface area (TPSA) is 55.6 Å². The monoisotopic (exact) mass is 281 g/mol. The fourth-order valence-corrected chi connectivity index (χ4v) is 2.28. The first-order chi connectivity index (χ1) is 10.3. The predicted octanol–water partition coefficient (Wildman–Crippen LogP) is 3.41. The van der Waals surface area contributed by atoms with Gasteiger partial charge in [-0.15, -0.1) is 0 Å². The second-order valence-corrected chi connectivity index (χ2v) is 5.14. The van der Waals surface area contributed by atoms with Crippen LogP contribution in [0.25, 0.3) is 11.2 Å². The third kappa shape index (κ3) is 2.72. The van der Waals surface area contributed by atoms with Crippen molar-refractivity contribution in [3.8, 4) is 0 Å². The van der Waals surface area contributed by atoms with E-state index in [0.717, 1.165) is 29.9 Å². The van der Waals surface area contributed by atoms with Crippen molar-refractivity contribution in [3.63, 3.8) is 0 Å². The highest BCUT2D eigenvalue weighted by Gasteiger charge is 2.12. The van der Waals surface area contributed by atoms with Crippen LogP contribution in [-0.2, 0) is 6.54 Å².